The van der Waals surface area contributed by atoms with Gasteiger partial charge in [-0.3, -0.25) is 14.7 Å². The summed E-state index contributed by atoms with van der Waals surface area (Å²) in [6.07, 6.45) is 5.59. The Balaban J connectivity index is 1.89. The first-order valence-electron chi connectivity index (χ1n) is 5.07. The number of nitrogens with one attached hydrogen (secondary N) is 2. The minimum absolute atomic E-state index is 0.0103. The Morgan fingerprint density at radius 3 is 2.80 bits per heavy atom. The number of amides is 1. The fourth-order valence-electron chi connectivity index (χ4n) is 1.77. The molecule has 5 nitrogen and oxygen atoms in total. The van der Waals surface area contributed by atoms with Gasteiger partial charge in [-0.2, -0.15) is 5.10 Å². The number of hydrogen-bond donors (Lipinski definition) is 2. The van der Waals surface area contributed by atoms with E-state index in [2.05, 4.69) is 15.5 Å². The molecule has 1 aliphatic carbocycles. The molecule has 0 radical (unpaired) electrons. The minimum Gasteiger partial charge on any atom is -0.323 e. The van der Waals surface area contributed by atoms with Gasteiger partial charge in [-0.15, -0.1) is 0 Å². The molecule has 15 heavy (non-hydrogen) atoms. The quantitative estimate of drug-likeness (QED) is 0.762. The Kier molecular flexibility index (Phi) is 2.80. The summed E-state index contributed by atoms with van der Waals surface area (Å²) in [7, 11) is 0. The molecule has 1 heterocycles. The van der Waals surface area contributed by atoms with Crippen LogP contribution in [0.3, 0.4) is 0 Å². The van der Waals surface area contributed by atoms with E-state index in [9.17, 15) is 9.59 Å². The van der Waals surface area contributed by atoms with Crippen molar-refractivity contribution in [2.24, 2.45) is 5.92 Å². The highest BCUT2D eigenvalue weighted by molar-refractivity contribution is 5.93. The highest BCUT2D eigenvalue weighted by atomic mass is 16.2. The van der Waals surface area contributed by atoms with Crippen LogP contribution in [0.25, 0.3) is 0 Å². The first kappa shape index (κ1) is 9.89. The summed E-state index contributed by atoms with van der Waals surface area (Å²) in [5, 5.41) is 9.13. The lowest BCUT2D eigenvalue weighted by Gasteiger charge is -2.19. The number of Topliss-reactive ketones (excluding diaryl/α,β-unsaturated/α-hetero) is 1. The van der Waals surface area contributed by atoms with Crippen molar-refractivity contribution >= 4 is 17.4 Å². The van der Waals surface area contributed by atoms with Gasteiger partial charge in [-0.05, 0) is 12.8 Å². The van der Waals surface area contributed by atoms with Crippen LogP contribution in [0.1, 0.15) is 25.7 Å². The van der Waals surface area contributed by atoms with E-state index in [1.165, 1.54) is 0 Å². The van der Waals surface area contributed by atoms with E-state index in [1.807, 2.05) is 0 Å². The molecular weight excluding hydrogens is 194 g/mol. The lowest BCUT2D eigenvalue weighted by Crippen LogP contribution is -2.27. The van der Waals surface area contributed by atoms with Gasteiger partial charge in [0.1, 0.15) is 5.78 Å². The molecule has 0 aromatic carbocycles. The number of hydrogen-bond acceptors (Lipinski definition) is 3. The maximum absolute atomic E-state index is 11.7. The zero-order chi connectivity index (χ0) is 10.7. The SMILES string of the molecule is O=C1CCC(C(=O)Nc2cn[nH]c2)CC1. The number of carbonyl (C=O) groups excluding carboxylic acids is 2. The molecule has 0 spiro atoms. The molecule has 0 aliphatic heterocycles. The van der Waals surface area contributed by atoms with Gasteiger partial charge in [0, 0.05) is 25.0 Å². The van der Waals surface area contributed by atoms with E-state index in [1.54, 1.807) is 12.4 Å². The molecule has 5 heteroatoms. The number of ketones is 1. The molecule has 1 fully saturated rings. The number of nitrogens with zero attached hydrogens (tertiary/aromatic N) is 1. The maximum atomic E-state index is 11.7. The minimum atomic E-state index is -0.0300. The molecule has 1 aromatic heterocycles. The topological polar surface area (TPSA) is 74.8 Å². The van der Waals surface area contributed by atoms with Crippen molar-refractivity contribution < 1.29 is 9.59 Å². The summed E-state index contributed by atoms with van der Waals surface area (Å²) in [6.45, 7) is 0. The summed E-state index contributed by atoms with van der Waals surface area (Å²) < 4.78 is 0. The normalized spacial score (nSPS) is 17.7. The van der Waals surface area contributed by atoms with Gasteiger partial charge in [0.05, 0.1) is 11.9 Å². The summed E-state index contributed by atoms with van der Waals surface area (Å²) in [5.41, 5.74) is 0.678. The number of anilines is 1. The van der Waals surface area contributed by atoms with Crippen LogP contribution >= 0.6 is 0 Å². The van der Waals surface area contributed by atoms with Crippen molar-refractivity contribution in [3.05, 3.63) is 12.4 Å². The van der Waals surface area contributed by atoms with Crippen LogP contribution in [-0.2, 0) is 9.59 Å². The third-order valence-corrected chi connectivity index (χ3v) is 2.68. The largest absolute Gasteiger partial charge is 0.323 e. The molecular formula is C10H13N3O2. The second kappa shape index (κ2) is 4.25. The van der Waals surface area contributed by atoms with Crippen molar-refractivity contribution in [1.29, 1.82) is 0 Å². The van der Waals surface area contributed by atoms with Crippen LogP contribution in [0.15, 0.2) is 12.4 Å². The van der Waals surface area contributed by atoms with E-state index in [-0.39, 0.29) is 17.6 Å². The molecule has 2 N–H and O–H groups in total. The molecule has 1 saturated carbocycles. The number of rotatable bonds is 2. The highest BCUT2D eigenvalue weighted by Gasteiger charge is 2.24. The van der Waals surface area contributed by atoms with Gasteiger partial charge < -0.3 is 5.32 Å². The van der Waals surface area contributed by atoms with Crippen molar-refractivity contribution in [3.8, 4) is 0 Å². The van der Waals surface area contributed by atoms with Crippen LogP contribution in [0.2, 0.25) is 0 Å². The number of carbonyl (C=O) groups is 2. The fourth-order valence-corrected chi connectivity index (χ4v) is 1.77. The molecule has 80 valence electrons. The predicted octanol–water partition coefficient (Wildman–Crippen LogP) is 1.11. The molecule has 1 amide bonds. The molecule has 0 bridgehead atoms. The standard InChI is InChI=1S/C10H13N3O2/c14-9-3-1-7(2-4-9)10(15)13-8-5-11-12-6-8/h5-7H,1-4H2,(H,11,12)(H,13,15). The van der Waals surface area contributed by atoms with Gasteiger partial charge >= 0.3 is 0 Å². The van der Waals surface area contributed by atoms with E-state index >= 15 is 0 Å². The third-order valence-electron chi connectivity index (χ3n) is 2.68. The van der Waals surface area contributed by atoms with E-state index in [4.69, 9.17) is 0 Å². The summed E-state index contributed by atoms with van der Waals surface area (Å²) >= 11 is 0. The lowest BCUT2D eigenvalue weighted by molar-refractivity contribution is -0.125. The van der Waals surface area contributed by atoms with Gasteiger partial charge in [-0.25, -0.2) is 0 Å². The summed E-state index contributed by atoms with van der Waals surface area (Å²) in [6, 6.07) is 0. The smallest absolute Gasteiger partial charge is 0.227 e. The van der Waals surface area contributed by atoms with Crippen LogP contribution in [-0.4, -0.2) is 21.9 Å². The van der Waals surface area contributed by atoms with E-state index < -0.39 is 0 Å². The zero-order valence-electron chi connectivity index (χ0n) is 8.32. The molecule has 0 unspecified atom stereocenters. The average Bonchev–Trinajstić information content (AvgIpc) is 2.71. The summed E-state index contributed by atoms with van der Waals surface area (Å²) in [5.74, 6) is 0.226. The van der Waals surface area contributed by atoms with Crippen molar-refractivity contribution in [1.82, 2.24) is 10.2 Å². The fraction of sp³-hybridized carbons (Fsp3) is 0.500. The second-order valence-electron chi connectivity index (χ2n) is 3.79. The molecule has 2 rings (SSSR count). The number of aromatic amines is 1. The predicted molar refractivity (Wildman–Crippen MR) is 54.2 cm³/mol. The average molecular weight is 207 g/mol. The highest BCUT2D eigenvalue weighted by Crippen LogP contribution is 2.22. The molecule has 1 aromatic rings. The Hall–Kier alpha value is -1.65. The Labute approximate surface area is 87.3 Å². The molecule has 0 saturated heterocycles. The first-order chi connectivity index (χ1) is 7.25. The van der Waals surface area contributed by atoms with Gasteiger partial charge in [0.15, 0.2) is 0 Å². The van der Waals surface area contributed by atoms with Crippen LogP contribution in [0.4, 0.5) is 5.69 Å². The maximum Gasteiger partial charge on any atom is 0.227 e. The Morgan fingerprint density at radius 2 is 2.20 bits per heavy atom. The van der Waals surface area contributed by atoms with Gasteiger partial charge in [-0.1, -0.05) is 0 Å². The summed E-state index contributed by atoms with van der Waals surface area (Å²) in [4.78, 5) is 22.7. The van der Waals surface area contributed by atoms with Crippen LogP contribution in [0.5, 0.6) is 0 Å². The van der Waals surface area contributed by atoms with E-state index in [0.29, 0.717) is 31.4 Å². The van der Waals surface area contributed by atoms with Crippen molar-refractivity contribution in [2.75, 3.05) is 5.32 Å². The monoisotopic (exact) mass is 207 g/mol. The molecule has 0 atom stereocenters. The van der Waals surface area contributed by atoms with E-state index in [0.717, 1.165) is 0 Å². The van der Waals surface area contributed by atoms with Crippen LogP contribution in [0, 0.1) is 5.92 Å². The Bertz CT molecular complexity index is 349. The second-order valence-corrected chi connectivity index (χ2v) is 3.79. The van der Waals surface area contributed by atoms with Crippen molar-refractivity contribution in [3.63, 3.8) is 0 Å². The van der Waals surface area contributed by atoms with Crippen LogP contribution < -0.4 is 5.32 Å². The lowest BCUT2D eigenvalue weighted by atomic mass is 9.88. The van der Waals surface area contributed by atoms with Crippen molar-refractivity contribution in [2.45, 2.75) is 25.7 Å². The van der Waals surface area contributed by atoms with Gasteiger partial charge in [0.2, 0.25) is 5.91 Å². The number of H-pyrrole nitrogens is 1. The number of aromatic nitrogens is 2. The van der Waals surface area contributed by atoms with Gasteiger partial charge in [0.25, 0.3) is 0 Å². The molecule has 1 aliphatic rings. The third kappa shape index (κ3) is 2.43. The first-order valence-corrected chi connectivity index (χ1v) is 5.07. The Morgan fingerprint density at radius 1 is 1.47 bits per heavy atom. The zero-order valence-corrected chi connectivity index (χ0v) is 8.32.